The van der Waals surface area contributed by atoms with Crippen LogP contribution in [0.2, 0.25) is 0 Å². The van der Waals surface area contributed by atoms with E-state index in [4.69, 9.17) is 0 Å². The van der Waals surface area contributed by atoms with Gasteiger partial charge in [-0.05, 0) is 37.6 Å². The quantitative estimate of drug-likeness (QED) is 0.732. The summed E-state index contributed by atoms with van der Waals surface area (Å²) >= 11 is 0. The van der Waals surface area contributed by atoms with Crippen LogP contribution >= 0.6 is 0 Å². The Morgan fingerprint density at radius 1 is 1.12 bits per heavy atom. The highest BCUT2D eigenvalue weighted by molar-refractivity contribution is 7.89. The molecule has 0 radical (unpaired) electrons. The van der Waals surface area contributed by atoms with Gasteiger partial charge >= 0.3 is 0 Å². The minimum absolute atomic E-state index is 0.00977. The van der Waals surface area contributed by atoms with Gasteiger partial charge < -0.3 is 4.57 Å². The van der Waals surface area contributed by atoms with Crippen LogP contribution in [0.1, 0.15) is 25.5 Å². The minimum Gasteiger partial charge on any atom is -0.334 e. The van der Waals surface area contributed by atoms with Gasteiger partial charge in [-0.2, -0.15) is 0 Å². The number of sulfonamides is 1. The molecule has 0 amide bonds. The minimum atomic E-state index is -3.69. The molecular formula is C17H19N5O2S. The number of pyridine rings is 2. The lowest BCUT2D eigenvalue weighted by Gasteiger charge is -2.09. The monoisotopic (exact) mass is 357 g/mol. The Morgan fingerprint density at radius 2 is 1.88 bits per heavy atom. The third-order valence-electron chi connectivity index (χ3n) is 3.75. The van der Waals surface area contributed by atoms with Crippen molar-refractivity contribution in [2.75, 3.05) is 0 Å². The summed E-state index contributed by atoms with van der Waals surface area (Å²) in [5.41, 5.74) is 2.38. The Hall–Kier alpha value is -2.58. The van der Waals surface area contributed by atoms with Crippen molar-refractivity contribution in [3.05, 3.63) is 60.9 Å². The second kappa shape index (κ2) is 7.12. The molecule has 7 nitrogen and oxygen atoms in total. The molecule has 0 unspecified atom stereocenters. The standard InChI is InChI=1S/C17H19N5O2S/c1-13(2)22-11-16(20-12-22)25(23,24)21-10-15-4-3-7-19-17(15)14-5-8-18-9-6-14/h3-9,11-13,21H,10H2,1-2H3. The summed E-state index contributed by atoms with van der Waals surface area (Å²) in [6, 6.07) is 7.45. The van der Waals surface area contributed by atoms with Crippen LogP contribution in [0.15, 0.2) is 60.4 Å². The zero-order chi connectivity index (χ0) is 17.9. The van der Waals surface area contributed by atoms with E-state index < -0.39 is 10.0 Å². The Balaban J connectivity index is 1.82. The summed E-state index contributed by atoms with van der Waals surface area (Å²) in [5, 5.41) is 0.00977. The molecule has 0 atom stereocenters. The van der Waals surface area contributed by atoms with Crippen molar-refractivity contribution in [3.8, 4) is 11.3 Å². The predicted octanol–water partition coefficient (Wildman–Crippen LogP) is 2.40. The first kappa shape index (κ1) is 17.2. The van der Waals surface area contributed by atoms with Crippen LogP contribution in [0.25, 0.3) is 11.3 Å². The highest BCUT2D eigenvalue weighted by atomic mass is 32.2. The molecule has 0 saturated carbocycles. The Bertz CT molecular complexity index is 952. The van der Waals surface area contributed by atoms with Crippen LogP contribution in [0.4, 0.5) is 0 Å². The van der Waals surface area contributed by atoms with Gasteiger partial charge in [0, 0.05) is 42.9 Å². The van der Waals surface area contributed by atoms with E-state index in [1.54, 1.807) is 29.2 Å². The smallest absolute Gasteiger partial charge is 0.259 e. The van der Waals surface area contributed by atoms with Crippen LogP contribution in [0.3, 0.4) is 0 Å². The SMILES string of the molecule is CC(C)n1cnc(S(=O)(=O)NCc2cccnc2-c2ccncc2)c1. The van der Waals surface area contributed by atoms with E-state index in [2.05, 4.69) is 19.7 Å². The Kier molecular flexibility index (Phi) is 4.91. The third-order valence-corrected chi connectivity index (χ3v) is 5.03. The van der Waals surface area contributed by atoms with Gasteiger partial charge in [-0.15, -0.1) is 0 Å². The van der Waals surface area contributed by atoms with Crippen molar-refractivity contribution < 1.29 is 8.42 Å². The van der Waals surface area contributed by atoms with Gasteiger partial charge in [0.05, 0.1) is 12.0 Å². The van der Waals surface area contributed by atoms with E-state index in [0.717, 1.165) is 16.8 Å². The van der Waals surface area contributed by atoms with Crippen molar-refractivity contribution in [2.45, 2.75) is 31.5 Å². The summed E-state index contributed by atoms with van der Waals surface area (Å²) in [6.45, 7) is 4.05. The molecular weight excluding hydrogens is 338 g/mol. The molecule has 0 bridgehead atoms. The number of rotatable bonds is 6. The maximum Gasteiger partial charge on any atom is 0.259 e. The first-order valence-electron chi connectivity index (χ1n) is 7.85. The van der Waals surface area contributed by atoms with Gasteiger partial charge in [-0.25, -0.2) is 18.1 Å². The van der Waals surface area contributed by atoms with E-state index in [0.29, 0.717) is 0 Å². The summed E-state index contributed by atoms with van der Waals surface area (Å²) in [5.74, 6) is 0. The number of aromatic nitrogens is 4. The molecule has 0 fully saturated rings. The van der Waals surface area contributed by atoms with Gasteiger partial charge in [0.25, 0.3) is 10.0 Å². The largest absolute Gasteiger partial charge is 0.334 e. The second-order valence-corrected chi connectivity index (χ2v) is 7.54. The summed E-state index contributed by atoms with van der Waals surface area (Å²) in [7, 11) is -3.69. The van der Waals surface area contributed by atoms with Crippen molar-refractivity contribution in [1.82, 2.24) is 24.2 Å². The Morgan fingerprint density at radius 3 is 2.56 bits per heavy atom. The molecule has 0 aliphatic carbocycles. The van der Waals surface area contributed by atoms with Gasteiger partial charge in [-0.1, -0.05) is 6.07 Å². The van der Waals surface area contributed by atoms with Gasteiger partial charge in [-0.3, -0.25) is 9.97 Å². The fourth-order valence-electron chi connectivity index (χ4n) is 2.34. The highest BCUT2D eigenvalue weighted by Gasteiger charge is 2.18. The summed E-state index contributed by atoms with van der Waals surface area (Å²) < 4.78 is 29.3. The predicted molar refractivity (Wildman–Crippen MR) is 94.1 cm³/mol. The molecule has 0 aliphatic heterocycles. The number of imidazole rings is 1. The topological polar surface area (TPSA) is 89.8 Å². The lowest BCUT2D eigenvalue weighted by molar-refractivity contribution is 0.576. The first-order valence-corrected chi connectivity index (χ1v) is 9.33. The van der Waals surface area contributed by atoms with Crippen LogP contribution in [-0.2, 0) is 16.6 Å². The van der Waals surface area contributed by atoms with Crippen molar-refractivity contribution in [1.29, 1.82) is 0 Å². The average Bonchev–Trinajstić information content (AvgIpc) is 3.12. The number of hydrogen-bond acceptors (Lipinski definition) is 5. The number of nitrogens with zero attached hydrogens (tertiary/aromatic N) is 4. The van der Waals surface area contributed by atoms with E-state index in [9.17, 15) is 8.42 Å². The molecule has 3 heterocycles. The Labute approximate surface area is 146 Å². The van der Waals surface area contributed by atoms with Gasteiger partial charge in [0.15, 0.2) is 5.03 Å². The fraction of sp³-hybridized carbons (Fsp3) is 0.235. The zero-order valence-electron chi connectivity index (χ0n) is 14.0. The van der Waals surface area contributed by atoms with Gasteiger partial charge in [0.1, 0.15) is 0 Å². The molecule has 3 aromatic rings. The molecule has 0 spiro atoms. The average molecular weight is 357 g/mol. The van der Waals surface area contributed by atoms with Crippen LogP contribution < -0.4 is 4.72 Å². The summed E-state index contributed by atoms with van der Waals surface area (Å²) in [6.07, 6.45) is 8.08. The lowest BCUT2D eigenvalue weighted by atomic mass is 10.1. The normalized spacial score (nSPS) is 11.8. The molecule has 3 rings (SSSR count). The van der Waals surface area contributed by atoms with E-state index >= 15 is 0 Å². The molecule has 8 heteroatoms. The second-order valence-electron chi connectivity index (χ2n) is 5.82. The van der Waals surface area contributed by atoms with E-state index in [-0.39, 0.29) is 17.6 Å². The zero-order valence-corrected chi connectivity index (χ0v) is 14.8. The van der Waals surface area contributed by atoms with Crippen molar-refractivity contribution in [2.24, 2.45) is 0 Å². The third kappa shape index (κ3) is 3.92. The molecule has 0 saturated heterocycles. The fourth-order valence-corrected chi connectivity index (χ4v) is 3.28. The van der Waals surface area contributed by atoms with Crippen LogP contribution in [-0.4, -0.2) is 27.9 Å². The van der Waals surface area contributed by atoms with E-state index in [1.807, 2.05) is 32.0 Å². The molecule has 130 valence electrons. The van der Waals surface area contributed by atoms with Gasteiger partial charge in [0.2, 0.25) is 0 Å². The molecule has 0 aromatic carbocycles. The molecule has 0 aliphatic rings. The van der Waals surface area contributed by atoms with Crippen LogP contribution in [0, 0.1) is 0 Å². The maximum absolute atomic E-state index is 12.5. The molecule has 1 N–H and O–H groups in total. The number of nitrogens with one attached hydrogen (secondary N) is 1. The maximum atomic E-state index is 12.5. The summed E-state index contributed by atoms with van der Waals surface area (Å²) in [4.78, 5) is 12.3. The highest BCUT2D eigenvalue weighted by Crippen LogP contribution is 2.20. The van der Waals surface area contributed by atoms with Crippen molar-refractivity contribution >= 4 is 10.0 Å². The van der Waals surface area contributed by atoms with E-state index in [1.165, 1.54) is 12.5 Å². The lowest BCUT2D eigenvalue weighted by Crippen LogP contribution is -2.24. The van der Waals surface area contributed by atoms with Crippen LogP contribution in [0.5, 0.6) is 0 Å². The molecule has 25 heavy (non-hydrogen) atoms. The van der Waals surface area contributed by atoms with Crippen molar-refractivity contribution in [3.63, 3.8) is 0 Å². The first-order chi connectivity index (χ1) is 12.0. The number of hydrogen-bond donors (Lipinski definition) is 1. The molecule has 3 aromatic heterocycles.